The minimum absolute atomic E-state index is 0.101. The van der Waals surface area contributed by atoms with E-state index in [4.69, 9.17) is 4.74 Å². The largest absolute Gasteiger partial charge is 0.475 e. The summed E-state index contributed by atoms with van der Waals surface area (Å²) in [5, 5.41) is 6.40. The van der Waals surface area contributed by atoms with Crippen molar-refractivity contribution in [3.05, 3.63) is 29.0 Å². The van der Waals surface area contributed by atoms with Crippen molar-refractivity contribution < 1.29 is 4.74 Å². The zero-order valence-electron chi connectivity index (χ0n) is 11.3. The van der Waals surface area contributed by atoms with E-state index in [1.807, 2.05) is 31.5 Å². The Morgan fingerprint density at radius 2 is 2.16 bits per heavy atom. The molecule has 5 nitrogen and oxygen atoms in total. The van der Waals surface area contributed by atoms with E-state index in [2.05, 4.69) is 27.2 Å². The SMILES string of the molecule is CCC(Nc1cc(OC(C)C)ncn1)c1nccs1. The minimum Gasteiger partial charge on any atom is -0.475 e. The Kier molecular flexibility index (Phi) is 4.68. The molecule has 2 heterocycles. The second-order valence-electron chi connectivity index (χ2n) is 4.38. The summed E-state index contributed by atoms with van der Waals surface area (Å²) in [5.74, 6) is 1.34. The number of rotatable bonds is 6. The highest BCUT2D eigenvalue weighted by Crippen LogP contribution is 2.24. The average molecular weight is 278 g/mol. The van der Waals surface area contributed by atoms with Crippen LogP contribution in [0.4, 0.5) is 5.82 Å². The molecule has 2 rings (SSSR count). The second kappa shape index (κ2) is 6.47. The Morgan fingerprint density at radius 3 is 2.79 bits per heavy atom. The molecule has 19 heavy (non-hydrogen) atoms. The van der Waals surface area contributed by atoms with Crippen LogP contribution in [0.1, 0.15) is 38.2 Å². The lowest BCUT2D eigenvalue weighted by atomic mass is 10.2. The molecule has 0 spiro atoms. The number of hydrogen-bond acceptors (Lipinski definition) is 6. The molecule has 6 heteroatoms. The molecule has 0 bridgehead atoms. The summed E-state index contributed by atoms with van der Waals surface area (Å²) in [6, 6.07) is 1.98. The standard InChI is InChI=1S/C13H18N4OS/c1-4-10(13-14-5-6-19-13)17-11-7-12(16-8-15-11)18-9(2)3/h5-10H,4H2,1-3H3,(H,15,16,17). The number of thiazole rings is 1. The maximum atomic E-state index is 5.56. The van der Waals surface area contributed by atoms with Crippen LogP contribution in [0.5, 0.6) is 5.88 Å². The molecule has 2 aromatic rings. The van der Waals surface area contributed by atoms with Crippen molar-refractivity contribution in [1.29, 1.82) is 0 Å². The highest BCUT2D eigenvalue weighted by Gasteiger charge is 2.13. The van der Waals surface area contributed by atoms with Gasteiger partial charge in [0.05, 0.1) is 12.1 Å². The van der Waals surface area contributed by atoms with Crippen molar-refractivity contribution in [1.82, 2.24) is 15.0 Å². The highest BCUT2D eigenvalue weighted by atomic mass is 32.1. The lowest BCUT2D eigenvalue weighted by Crippen LogP contribution is -2.12. The molecule has 0 amide bonds. The molecule has 0 aromatic carbocycles. The predicted molar refractivity (Wildman–Crippen MR) is 76.6 cm³/mol. The third-order valence-electron chi connectivity index (χ3n) is 2.48. The molecular formula is C13H18N4OS. The first-order valence-electron chi connectivity index (χ1n) is 6.33. The fourth-order valence-corrected chi connectivity index (χ4v) is 2.42. The van der Waals surface area contributed by atoms with E-state index in [1.165, 1.54) is 6.33 Å². The van der Waals surface area contributed by atoms with E-state index < -0.39 is 0 Å². The lowest BCUT2D eigenvalue weighted by molar-refractivity contribution is 0.232. The molecule has 0 saturated heterocycles. The maximum Gasteiger partial charge on any atom is 0.218 e. The van der Waals surface area contributed by atoms with Gasteiger partial charge >= 0.3 is 0 Å². The summed E-state index contributed by atoms with van der Waals surface area (Å²) in [5.41, 5.74) is 0. The van der Waals surface area contributed by atoms with Crippen LogP contribution in [-0.2, 0) is 0 Å². The number of ether oxygens (including phenoxy) is 1. The number of anilines is 1. The Morgan fingerprint density at radius 1 is 1.32 bits per heavy atom. The molecule has 0 aliphatic rings. The summed E-state index contributed by atoms with van der Waals surface area (Å²) in [6.07, 6.45) is 4.37. The number of aromatic nitrogens is 3. The van der Waals surface area contributed by atoms with Crippen molar-refractivity contribution in [2.24, 2.45) is 0 Å². The first kappa shape index (κ1) is 13.7. The Bertz CT molecular complexity index is 501. The fourth-order valence-electron chi connectivity index (χ4n) is 1.65. The summed E-state index contributed by atoms with van der Waals surface area (Å²) in [7, 11) is 0. The Balaban J connectivity index is 2.09. The van der Waals surface area contributed by atoms with Crippen LogP contribution in [0.2, 0.25) is 0 Å². The molecule has 0 radical (unpaired) electrons. The zero-order chi connectivity index (χ0) is 13.7. The summed E-state index contributed by atoms with van der Waals surface area (Å²) in [4.78, 5) is 12.6. The van der Waals surface area contributed by atoms with Crippen LogP contribution < -0.4 is 10.1 Å². The summed E-state index contributed by atoms with van der Waals surface area (Å²) >= 11 is 1.64. The van der Waals surface area contributed by atoms with Gasteiger partial charge in [-0.05, 0) is 20.3 Å². The number of nitrogens with zero attached hydrogens (tertiary/aromatic N) is 3. The van der Waals surface area contributed by atoms with Gasteiger partial charge in [0, 0.05) is 17.6 Å². The third kappa shape index (κ3) is 3.89. The van der Waals surface area contributed by atoms with Crippen LogP contribution in [0.15, 0.2) is 24.0 Å². The summed E-state index contributed by atoms with van der Waals surface area (Å²) < 4.78 is 5.56. The van der Waals surface area contributed by atoms with Gasteiger partial charge in [0.25, 0.3) is 0 Å². The van der Waals surface area contributed by atoms with Gasteiger partial charge in [-0.15, -0.1) is 11.3 Å². The highest BCUT2D eigenvalue weighted by molar-refractivity contribution is 7.09. The molecular weight excluding hydrogens is 260 g/mol. The van der Waals surface area contributed by atoms with Gasteiger partial charge in [-0.1, -0.05) is 6.92 Å². The summed E-state index contributed by atoms with van der Waals surface area (Å²) in [6.45, 7) is 6.06. The molecule has 0 saturated carbocycles. The van der Waals surface area contributed by atoms with Crippen molar-refractivity contribution in [2.45, 2.75) is 39.3 Å². The lowest BCUT2D eigenvalue weighted by Gasteiger charge is -2.15. The van der Waals surface area contributed by atoms with Gasteiger partial charge in [0.2, 0.25) is 5.88 Å². The first-order valence-corrected chi connectivity index (χ1v) is 7.21. The van der Waals surface area contributed by atoms with Crippen LogP contribution >= 0.6 is 11.3 Å². The smallest absolute Gasteiger partial charge is 0.218 e. The topological polar surface area (TPSA) is 59.9 Å². The fraction of sp³-hybridized carbons (Fsp3) is 0.462. The molecule has 1 unspecified atom stereocenters. The van der Waals surface area contributed by atoms with Crippen molar-refractivity contribution in [3.8, 4) is 5.88 Å². The van der Waals surface area contributed by atoms with E-state index >= 15 is 0 Å². The minimum atomic E-state index is 0.101. The van der Waals surface area contributed by atoms with E-state index in [1.54, 1.807) is 11.3 Å². The van der Waals surface area contributed by atoms with Crippen molar-refractivity contribution in [2.75, 3.05) is 5.32 Å². The van der Waals surface area contributed by atoms with Crippen molar-refractivity contribution >= 4 is 17.2 Å². The molecule has 0 aliphatic heterocycles. The Hall–Kier alpha value is -1.69. The molecule has 1 atom stereocenters. The van der Waals surface area contributed by atoms with Crippen LogP contribution in [0.25, 0.3) is 0 Å². The van der Waals surface area contributed by atoms with Crippen LogP contribution in [0, 0.1) is 0 Å². The second-order valence-corrected chi connectivity index (χ2v) is 5.31. The van der Waals surface area contributed by atoms with Crippen LogP contribution in [-0.4, -0.2) is 21.1 Å². The number of nitrogens with one attached hydrogen (secondary N) is 1. The molecule has 1 N–H and O–H groups in total. The molecule has 2 aromatic heterocycles. The zero-order valence-corrected chi connectivity index (χ0v) is 12.1. The Labute approximate surface area is 117 Å². The normalized spacial score (nSPS) is 12.4. The molecule has 102 valence electrons. The van der Waals surface area contributed by atoms with Gasteiger partial charge in [-0.2, -0.15) is 0 Å². The first-order chi connectivity index (χ1) is 9.19. The van der Waals surface area contributed by atoms with Crippen molar-refractivity contribution in [3.63, 3.8) is 0 Å². The predicted octanol–water partition coefficient (Wildman–Crippen LogP) is 3.28. The quantitative estimate of drug-likeness (QED) is 0.878. The maximum absolute atomic E-state index is 5.56. The van der Waals surface area contributed by atoms with Gasteiger partial charge < -0.3 is 10.1 Å². The third-order valence-corrected chi connectivity index (χ3v) is 3.37. The van der Waals surface area contributed by atoms with E-state index in [9.17, 15) is 0 Å². The van der Waals surface area contributed by atoms with Gasteiger partial charge in [0.1, 0.15) is 17.2 Å². The monoisotopic (exact) mass is 278 g/mol. The van der Waals surface area contributed by atoms with Crippen LogP contribution in [0.3, 0.4) is 0 Å². The van der Waals surface area contributed by atoms with E-state index in [0.717, 1.165) is 17.2 Å². The van der Waals surface area contributed by atoms with Gasteiger partial charge in [-0.3, -0.25) is 0 Å². The van der Waals surface area contributed by atoms with E-state index in [-0.39, 0.29) is 12.1 Å². The average Bonchev–Trinajstić information content (AvgIpc) is 2.89. The molecule has 0 aliphatic carbocycles. The van der Waals surface area contributed by atoms with Gasteiger partial charge in [-0.25, -0.2) is 15.0 Å². The van der Waals surface area contributed by atoms with E-state index in [0.29, 0.717) is 5.88 Å². The molecule has 0 fully saturated rings. The van der Waals surface area contributed by atoms with Gasteiger partial charge in [0.15, 0.2) is 0 Å². The number of hydrogen-bond donors (Lipinski definition) is 1.